The van der Waals surface area contributed by atoms with Gasteiger partial charge in [-0.1, -0.05) is 94.2 Å². The normalized spacial score (nSPS) is 9.78. The Bertz CT molecular complexity index is 919. The molecule has 1 atom stereocenters. The van der Waals surface area contributed by atoms with E-state index in [1.165, 1.54) is 16.7 Å². The molecule has 1 unspecified atom stereocenters. The highest BCUT2D eigenvalue weighted by Gasteiger charge is 2.08. The predicted octanol–water partition coefficient (Wildman–Crippen LogP) is 6.67. The van der Waals surface area contributed by atoms with Crippen LogP contribution >= 0.6 is 11.6 Å². The highest BCUT2D eigenvalue weighted by atomic mass is 35.5. The number of nitrogens with one attached hydrogen (secondary N) is 2. The Kier molecular flexibility index (Phi) is 24.2. The fourth-order valence-electron chi connectivity index (χ4n) is 2.67. The summed E-state index contributed by atoms with van der Waals surface area (Å²) >= 11 is 5.54. The minimum Gasteiger partial charge on any atom is -0.395 e. The topological polar surface area (TPSA) is 94.5 Å². The summed E-state index contributed by atoms with van der Waals surface area (Å²) in [5.74, 6) is 0.812. The van der Waals surface area contributed by atoms with Crippen LogP contribution < -0.4 is 10.6 Å². The Labute approximate surface area is 229 Å². The van der Waals surface area contributed by atoms with Gasteiger partial charge in [-0.3, -0.25) is 4.79 Å². The van der Waals surface area contributed by atoms with Crippen LogP contribution in [0.1, 0.15) is 52.2 Å². The number of hydrogen-bond donors (Lipinski definition) is 4. The van der Waals surface area contributed by atoms with Crippen LogP contribution in [-0.2, 0) is 4.79 Å². The quantitative estimate of drug-likeness (QED) is 0.192. The summed E-state index contributed by atoms with van der Waals surface area (Å²) in [7, 11) is 0. The fourth-order valence-corrected chi connectivity index (χ4v) is 2.82. The van der Waals surface area contributed by atoms with Gasteiger partial charge in [0.1, 0.15) is 5.82 Å². The Morgan fingerprint density at radius 1 is 0.973 bits per heavy atom. The monoisotopic (exact) mass is 531 g/mol. The highest BCUT2D eigenvalue weighted by Crippen LogP contribution is 2.25. The molecule has 0 aliphatic heterocycles. The van der Waals surface area contributed by atoms with Gasteiger partial charge in [-0.05, 0) is 55.2 Å². The maximum Gasteiger partial charge on any atom is 0.207 e. The first-order chi connectivity index (χ1) is 17.9. The minimum absolute atomic E-state index is 0.0126. The number of anilines is 1. The van der Waals surface area contributed by atoms with Gasteiger partial charge in [0.25, 0.3) is 0 Å². The SMILES string of the molecule is CC.CC.CCC(CO)Nc1cc(-c2ccc(C)cc2)c(C)cn1.Clc1ccccc1.O=CNCCO. The lowest BCUT2D eigenvalue weighted by molar-refractivity contribution is -0.109. The van der Waals surface area contributed by atoms with E-state index in [1.54, 1.807) is 0 Å². The number of benzene rings is 2. The maximum atomic E-state index is 9.34. The standard InChI is InChI=1S/C17H22N2O.C6H5Cl.C3H7NO2.2C2H6/c1-4-15(11-20)19-17-9-16(13(3)10-18-17)14-7-5-12(2)6-8-14;7-6-4-2-1-3-5-6;5-2-1-4-3-6;2*1-2/h5-10,15,20H,4,11H2,1-3H3,(H,18,19);1-5H;3,5H,1-2H2,(H,4,6);2*1-2H3. The van der Waals surface area contributed by atoms with Crippen molar-refractivity contribution < 1.29 is 15.0 Å². The first-order valence-corrected chi connectivity index (χ1v) is 13.2. The lowest BCUT2D eigenvalue weighted by atomic mass is 10.0. The average Bonchev–Trinajstić information content (AvgIpc) is 2.95. The van der Waals surface area contributed by atoms with Crippen molar-refractivity contribution in [1.29, 1.82) is 0 Å². The van der Waals surface area contributed by atoms with E-state index in [-0.39, 0.29) is 19.3 Å². The Morgan fingerprint density at radius 2 is 1.57 bits per heavy atom. The van der Waals surface area contributed by atoms with Gasteiger partial charge in [-0.15, -0.1) is 0 Å². The van der Waals surface area contributed by atoms with Gasteiger partial charge >= 0.3 is 0 Å². The highest BCUT2D eigenvalue weighted by molar-refractivity contribution is 6.30. The third-order valence-corrected chi connectivity index (χ3v) is 4.86. The Morgan fingerprint density at radius 3 is 1.97 bits per heavy atom. The smallest absolute Gasteiger partial charge is 0.207 e. The zero-order valence-electron chi connectivity index (χ0n) is 23.5. The molecule has 1 aromatic heterocycles. The van der Waals surface area contributed by atoms with Gasteiger partial charge < -0.3 is 20.8 Å². The van der Waals surface area contributed by atoms with Crippen molar-refractivity contribution in [3.05, 3.63) is 83.0 Å². The largest absolute Gasteiger partial charge is 0.395 e. The number of carbonyl (C=O) groups is 1. The van der Waals surface area contributed by atoms with E-state index in [9.17, 15) is 9.90 Å². The summed E-state index contributed by atoms with van der Waals surface area (Å²) in [5.41, 5.74) is 4.77. The molecule has 3 aromatic rings. The zero-order chi connectivity index (χ0) is 28.5. The van der Waals surface area contributed by atoms with Crippen molar-refractivity contribution in [3.8, 4) is 11.1 Å². The molecular weight excluding hydrogens is 486 g/mol. The number of aromatic nitrogens is 1. The molecule has 1 amide bonds. The average molecular weight is 532 g/mol. The van der Waals surface area contributed by atoms with E-state index in [4.69, 9.17) is 16.7 Å². The number of rotatable bonds is 8. The number of aliphatic hydroxyl groups excluding tert-OH is 2. The van der Waals surface area contributed by atoms with Gasteiger partial charge in [-0.2, -0.15) is 0 Å². The summed E-state index contributed by atoms with van der Waals surface area (Å²) < 4.78 is 0. The first-order valence-electron chi connectivity index (χ1n) is 12.8. The second-order valence-electron chi connectivity index (χ2n) is 7.27. The van der Waals surface area contributed by atoms with E-state index >= 15 is 0 Å². The van der Waals surface area contributed by atoms with Gasteiger partial charge in [0.05, 0.1) is 19.3 Å². The molecule has 0 aliphatic rings. The third kappa shape index (κ3) is 17.2. The molecule has 1 heterocycles. The molecule has 0 bridgehead atoms. The molecular formula is C30H46ClN3O3. The molecule has 3 rings (SSSR count). The van der Waals surface area contributed by atoms with Crippen molar-refractivity contribution in [2.75, 3.05) is 25.1 Å². The number of aryl methyl sites for hydroxylation is 2. The molecule has 4 N–H and O–H groups in total. The minimum atomic E-state index is 0.0126. The maximum absolute atomic E-state index is 9.34. The third-order valence-electron chi connectivity index (χ3n) is 4.60. The molecule has 0 saturated heterocycles. The number of halogens is 1. The predicted molar refractivity (Wildman–Crippen MR) is 159 cm³/mol. The van der Waals surface area contributed by atoms with Crippen LogP contribution in [0.5, 0.6) is 0 Å². The fraction of sp³-hybridized carbons (Fsp3) is 0.400. The van der Waals surface area contributed by atoms with Gasteiger partial charge in [0.2, 0.25) is 6.41 Å². The summed E-state index contributed by atoms with van der Waals surface area (Å²) in [6.45, 7) is 14.7. The molecule has 0 saturated carbocycles. The molecule has 0 aliphatic carbocycles. The number of hydrogen-bond acceptors (Lipinski definition) is 5. The van der Waals surface area contributed by atoms with E-state index in [1.807, 2.05) is 71.1 Å². The van der Waals surface area contributed by atoms with E-state index < -0.39 is 0 Å². The number of pyridine rings is 1. The van der Waals surface area contributed by atoms with E-state index in [0.29, 0.717) is 13.0 Å². The number of amides is 1. The van der Waals surface area contributed by atoms with Crippen LogP contribution in [-0.4, -0.2) is 47.4 Å². The van der Waals surface area contributed by atoms with Crippen molar-refractivity contribution in [1.82, 2.24) is 10.3 Å². The number of aliphatic hydroxyl groups is 2. The van der Waals surface area contributed by atoms with Crippen molar-refractivity contribution in [2.24, 2.45) is 0 Å². The lowest BCUT2D eigenvalue weighted by Crippen LogP contribution is -2.23. The van der Waals surface area contributed by atoms with Crippen LogP contribution in [0.25, 0.3) is 11.1 Å². The van der Waals surface area contributed by atoms with Crippen molar-refractivity contribution in [3.63, 3.8) is 0 Å². The van der Waals surface area contributed by atoms with Gasteiger partial charge in [0, 0.05) is 17.8 Å². The summed E-state index contributed by atoms with van der Waals surface area (Å²) in [6.07, 6.45) is 3.30. The summed E-state index contributed by atoms with van der Waals surface area (Å²) in [5, 5.41) is 23.6. The van der Waals surface area contributed by atoms with Gasteiger partial charge in [0.15, 0.2) is 0 Å². The Hall–Kier alpha value is -2.93. The molecule has 206 valence electrons. The first kappa shape index (κ1) is 36.2. The Balaban J connectivity index is 0. The molecule has 0 spiro atoms. The molecule has 0 radical (unpaired) electrons. The zero-order valence-corrected chi connectivity index (χ0v) is 24.2. The van der Waals surface area contributed by atoms with Crippen molar-refractivity contribution >= 4 is 23.8 Å². The second kappa shape index (κ2) is 24.8. The van der Waals surface area contributed by atoms with Crippen LogP contribution in [0.2, 0.25) is 5.02 Å². The summed E-state index contributed by atoms with van der Waals surface area (Å²) in [6, 6.07) is 20.0. The molecule has 6 nitrogen and oxygen atoms in total. The van der Waals surface area contributed by atoms with E-state index in [0.717, 1.165) is 22.8 Å². The summed E-state index contributed by atoms with van der Waals surface area (Å²) in [4.78, 5) is 13.7. The lowest BCUT2D eigenvalue weighted by Gasteiger charge is -2.16. The van der Waals surface area contributed by atoms with Crippen LogP contribution in [0, 0.1) is 13.8 Å². The van der Waals surface area contributed by atoms with Crippen LogP contribution in [0.4, 0.5) is 5.82 Å². The number of nitrogens with zero attached hydrogens (tertiary/aromatic N) is 1. The molecule has 0 fully saturated rings. The van der Waals surface area contributed by atoms with E-state index in [2.05, 4.69) is 59.8 Å². The van der Waals surface area contributed by atoms with Gasteiger partial charge in [-0.25, -0.2) is 4.98 Å². The van der Waals surface area contributed by atoms with Crippen molar-refractivity contribution in [2.45, 2.75) is 60.9 Å². The molecule has 2 aromatic carbocycles. The van der Waals surface area contributed by atoms with Crippen LogP contribution in [0.3, 0.4) is 0 Å². The molecule has 7 heteroatoms. The molecule has 37 heavy (non-hydrogen) atoms. The second-order valence-corrected chi connectivity index (χ2v) is 7.71. The number of carbonyl (C=O) groups excluding carboxylic acids is 1. The van der Waals surface area contributed by atoms with Crippen LogP contribution in [0.15, 0.2) is 66.9 Å².